The maximum atomic E-state index is 5.67. The molecular formula is C12H14N4OS. The van der Waals surface area contributed by atoms with E-state index in [2.05, 4.69) is 23.9 Å². The third-order valence-corrected chi connectivity index (χ3v) is 3.41. The van der Waals surface area contributed by atoms with Crippen LogP contribution in [-0.2, 0) is 6.61 Å². The molecular weight excluding hydrogens is 248 g/mol. The van der Waals surface area contributed by atoms with Crippen LogP contribution in [0.2, 0.25) is 0 Å². The molecule has 3 aromatic rings. The van der Waals surface area contributed by atoms with Crippen LogP contribution >= 0.6 is 11.3 Å². The van der Waals surface area contributed by atoms with E-state index in [-0.39, 0.29) is 0 Å². The highest BCUT2D eigenvalue weighted by Crippen LogP contribution is 2.16. The predicted molar refractivity (Wildman–Crippen MR) is 70.0 cm³/mol. The zero-order valence-electron chi connectivity index (χ0n) is 10.3. The molecule has 0 spiro atoms. The van der Waals surface area contributed by atoms with Crippen molar-refractivity contribution in [2.45, 2.75) is 26.5 Å². The molecule has 0 saturated carbocycles. The van der Waals surface area contributed by atoms with E-state index < -0.39 is 0 Å². The van der Waals surface area contributed by atoms with Gasteiger partial charge in [-0.15, -0.1) is 11.3 Å². The topological polar surface area (TPSA) is 44.4 Å². The lowest BCUT2D eigenvalue weighted by Crippen LogP contribution is -2.00. The highest BCUT2D eigenvalue weighted by atomic mass is 32.1. The van der Waals surface area contributed by atoms with Crippen molar-refractivity contribution < 1.29 is 4.74 Å². The van der Waals surface area contributed by atoms with Gasteiger partial charge < -0.3 is 4.74 Å². The minimum atomic E-state index is 0.347. The number of nitrogens with zero attached hydrogens (tertiary/aromatic N) is 4. The summed E-state index contributed by atoms with van der Waals surface area (Å²) >= 11 is 1.62. The summed E-state index contributed by atoms with van der Waals surface area (Å²) in [6.45, 7) is 4.64. The Labute approximate surface area is 109 Å². The van der Waals surface area contributed by atoms with Crippen molar-refractivity contribution in [3.63, 3.8) is 0 Å². The number of hydrogen-bond acceptors (Lipinski definition) is 4. The number of rotatable bonds is 4. The normalized spacial score (nSPS) is 11.5. The van der Waals surface area contributed by atoms with Crippen LogP contribution in [0.1, 0.15) is 25.6 Å². The molecule has 0 radical (unpaired) electrons. The van der Waals surface area contributed by atoms with Crippen LogP contribution in [0.5, 0.6) is 5.75 Å². The van der Waals surface area contributed by atoms with E-state index in [4.69, 9.17) is 4.74 Å². The first-order valence-corrected chi connectivity index (χ1v) is 6.68. The average Bonchev–Trinajstić information content (AvgIpc) is 3.01. The van der Waals surface area contributed by atoms with Crippen LogP contribution in [0.15, 0.2) is 30.2 Å². The first-order valence-electron chi connectivity index (χ1n) is 5.80. The van der Waals surface area contributed by atoms with Gasteiger partial charge in [0, 0.05) is 23.8 Å². The van der Waals surface area contributed by atoms with E-state index in [1.807, 2.05) is 33.1 Å². The van der Waals surface area contributed by atoms with Gasteiger partial charge in [-0.05, 0) is 13.8 Å². The molecule has 0 fully saturated rings. The van der Waals surface area contributed by atoms with E-state index in [1.165, 1.54) is 0 Å². The number of hydrogen-bond donors (Lipinski definition) is 0. The molecule has 3 aromatic heterocycles. The van der Waals surface area contributed by atoms with E-state index in [0.717, 1.165) is 16.4 Å². The molecule has 6 heteroatoms. The second-order valence-corrected chi connectivity index (χ2v) is 5.24. The van der Waals surface area contributed by atoms with Gasteiger partial charge in [0.15, 0.2) is 10.7 Å². The molecule has 3 rings (SSSR count). The number of thiazole rings is 1. The van der Waals surface area contributed by atoms with Crippen molar-refractivity contribution in [2.24, 2.45) is 0 Å². The molecule has 0 aliphatic heterocycles. The summed E-state index contributed by atoms with van der Waals surface area (Å²) in [4.78, 5) is 5.45. The Hall–Kier alpha value is -1.82. The summed E-state index contributed by atoms with van der Waals surface area (Å²) in [6.07, 6.45) is 7.62. The predicted octanol–water partition coefficient (Wildman–Crippen LogP) is 2.75. The van der Waals surface area contributed by atoms with E-state index >= 15 is 0 Å². The quantitative estimate of drug-likeness (QED) is 0.726. The smallest absolute Gasteiger partial charge is 0.193 e. The van der Waals surface area contributed by atoms with Crippen LogP contribution in [0.3, 0.4) is 0 Å². The second kappa shape index (κ2) is 4.45. The Morgan fingerprint density at radius 2 is 2.28 bits per heavy atom. The highest BCUT2D eigenvalue weighted by molar-refractivity contribution is 7.15. The van der Waals surface area contributed by atoms with Gasteiger partial charge in [0.1, 0.15) is 6.61 Å². The molecule has 0 amide bonds. The second-order valence-electron chi connectivity index (χ2n) is 4.36. The molecule has 5 nitrogen and oxygen atoms in total. The van der Waals surface area contributed by atoms with Crippen LogP contribution in [0.4, 0.5) is 0 Å². The van der Waals surface area contributed by atoms with Gasteiger partial charge in [-0.25, -0.2) is 4.98 Å². The third kappa shape index (κ3) is 2.11. The fraction of sp³-hybridized carbons (Fsp3) is 0.333. The van der Waals surface area contributed by atoms with Gasteiger partial charge in [-0.3, -0.25) is 9.08 Å². The molecule has 0 unspecified atom stereocenters. The van der Waals surface area contributed by atoms with Crippen molar-refractivity contribution in [1.29, 1.82) is 0 Å². The SMILES string of the molecule is CC(C)n1cc(OCc2cn3ccsc3n2)cn1. The maximum Gasteiger partial charge on any atom is 0.193 e. The molecule has 0 bridgehead atoms. The van der Waals surface area contributed by atoms with Crippen LogP contribution in [0.25, 0.3) is 4.96 Å². The van der Waals surface area contributed by atoms with E-state index in [1.54, 1.807) is 17.5 Å². The minimum absolute atomic E-state index is 0.347. The first kappa shape index (κ1) is 11.3. The van der Waals surface area contributed by atoms with Crippen molar-refractivity contribution in [1.82, 2.24) is 19.2 Å². The summed E-state index contributed by atoms with van der Waals surface area (Å²) in [5.74, 6) is 0.778. The van der Waals surface area contributed by atoms with Gasteiger partial charge in [0.2, 0.25) is 0 Å². The lowest BCUT2D eigenvalue weighted by atomic mass is 10.4. The molecule has 18 heavy (non-hydrogen) atoms. The molecule has 0 aliphatic carbocycles. The number of imidazole rings is 1. The lowest BCUT2D eigenvalue weighted by molar-refractivity contribution is 0.301. The first-order chi connectivity index (χ1) is 8.72. The molecule has 94 valence electrons. The average molecular weight is 262 g/mol. The largest absolute Gasteiger partial charge is 0.484 e. The van der Waals surface area contributed by atoms with Gasteiger partial charge in [0.05, 0.1) is 18.1 Å². The standard InChI is InChI=1S/C12H14N4OS/c1-9(2)16-7-11(5-13-16)17-8-10-6-15-3-4-18-12(15)14-10/h3-7,9H,8H2,1-2H3. The molecule has 0 aromatic carbocycles. The lowest BCUT2D eigenvalue weighted by Gasteiger charge is -2.03. The summed E-state index contributed by atoms with van der Waals surface area (Å²) in [6, 6.07) is 0.347. The molecule has 0 aliphatic rings. The van der Waals surface area contributed by atoms with Gasteiger partial charge in [-0.2, -0.15) is 5.10 Å². The Morgan fingerprint density at radius 3 is 3.00 bits per heavy atom. The van der Waals surface area contributed by atoms with E-state index in [9.17, 15) is 0 Å². The monoisotopic (exact) mass is 262 g/mol. The molecule has 3 heterocycles. The third-order valence-electron chi connectivity index (χ3n) is 2.64. The van der Waals surface area contributed by atoms with Gasteiger partial charge in [-0.1, -0.05) is 0 Å². The van der Waals surface area contributed by atoms with Crippen LogP contribution in [-0.4, -0.2) is 19.2 Å². The highest BCUT2D eigenvalue weighted by Gasteiger charge is 2.05. The van der Waals surface area contributed by atoms with Crippen LogP contribution < -0.4 is 4.74 Å². The van der Waals surface area contributed by atoms with Gasteiger partial charge in [0.25, 0.3) is 0 Å². The molecule has 0 saturated heterocycles. The Kier molecular flexibility index (Phi) is 2.79. The Bertz CT molecular complexity index is 623. The minimum Gasteiger partial charge on any atom is -0.484 e. The van der Waals surface area contributed by atoms with Crippen molar-refractivity contribution >= 4 is 16.3 Å². The fourth-order valence-electron chi connectivity index (χ4n) is 1.68. The van der Waals surface area contributed by atoms with Gasteiger partial charge >= 0.3 is 0 Å². The molecule has 0 N–H and O–H groups in total. The number of fused-ring (bicyclic) bond motifs is 1. The maximum absolute atomic E-state index is 5.67. The van der Waals surface area contributed by atoms with Crippen molar-refractivity contribution in [3.05, 3.63) is 35.9 Å². The van der Waals surface area contributed by atoms with Crippen molar-refractivity contribution in [3.8, 4) is 5.75 Å². The fourth-order valence-corrected chi connectivity index (χ4v) is 2.40. The Morgan fingerprint density at radius 1 is 1.39 bits per heavy atom. The molecule has 0 atom stereocenters. The summed E-state index contributed by atoms with van der Waals surface area (Å²) in [5, 5.41) is 6.24. The zero-order chi connectivity index (χ0) is 12.5. The zero-order valence-corrected chi connectivity index (χ0v) is 11.1. The Balaban J connectivity index is 1.68. The van der Waals surface area contributed by atoms with Crippen LogP contribution in [0, 0.1) is 0 Å². The number of ether oxygens (including phenoxy) is 1. The van der Waals surface area contributed by atoms with E-state index in [0.29, 0.717) is 12.6 Å². The summed E-state index contributed by atoms with van der Waals surface area (Å²) in [7, 11) is 0. The summed E-state index contributed by atoms with van der Waals surface area (Å²) < 4.78 is 9.54. The summed E-state index contributed by atoms with van der Waals surface area (Å²) in [5.41, 5.74) is 0.930. The number of aromatic nitrogens is 4. The van der Waals surface area contributed by atoms with Crippen molar-refractivity contribution in [2.75, 3.05) is 0 Å².